The number of rotatable bonds is 7. The minimum atomic E-state index is -0.0389. The van der Waals surface area contributed by atoms with Crippen LogP contribution in [0.3, 0.4) is 0 Å². The van der Waals surface area contributed by atoms with Gasteiger partial charge in [-0.2, -0.15) is 0 Å². The molecule has 0 amide bonds. The molecule has 0 bridgehead atoms. The standard InChI is InChI=1S/C12H24O2/c1-5-7-8-11(4)14-12(13)9-10(3)6-2/h10-11H,5-9H2,1-4H3. The highest BCUT2D eigenvalue weighted by Gasteiger charge is 2.11. The molecule has 0 aliphatic rings. The Morgan fingerprint density at radius 3 is 2.43 bits per heavy atom. The summed E-state index contributed by atoms with van der Waals surface area (Å²) in [6.07, 6.45) is 4.98. The fraction of sp³-hybridized carbons (Fsp3) is 0.917. The molecule has 14 heavy (non-hydrogen) atoms. The van der Waals surface area contributed by atoms with Crippen LogP contribution in [0.5, 0.6) is 0 Å². The van der Waals surface area contributed by atoms with Gasteiger partial charge in [0, 0.05) is 6.42 Å². The Kier molecular flexibility index (Phi) is 7.54. The maximum absolute atomic E-state index is 11.4. The molecule has 2 nitrogen and oxygen atoms in total. The molecule has 0 aliphatic carbocycles. The Balaban J connectivity index is 3.60. The second-order valence-electron chi connectivity index (χ2n) is 4.16. The molecule has 0 aromatic rings. The van der Waals surface area contributed by atoms with E-state index in [0.29, 0.717) is 12.3 Å². The lowest BCUT2D eigenvalue weighted by Gasteiger charge is -2.14. The van der Waals surface area contributed by atoms with Gasteiger partial charge in [0.15, 0.2) is 0 Å². The van der Waals surface area contributed by atoms with Gasteiger partial charge in [-0.05, 0) is 19.3 Å². The molecule has 0 aromatic heterocycles. The van der Waals surface area contributed by atoms with E-state index in [9.17, 15) is 4.79 Å². The summed E-state index contributed by atoms with van der Waals surface area (Å²) in [4.78, 5) is 11.4. The van der Waals surface area contributed by atoms with Crippen LogP contribution in [-0.2, 0) is 9.53 Å². The third-order valence-corrected chi connectivity index (χ3v) is 2.51. The number of unbranched alkanes of at least 4 members (excludes halogenated alkanes) is 1. The fourth-order valence-electron chi connectivity index (χ4n) is 1.25. The van der Waals surface area contributed by atoms with Crippen LogP contribution < -0.4 is 0 Å². The largest absolute Gasteiger partial charge is 0.463 e. The highest BCUT2D eigenvalue weighted by molar-refractivity contribution is 5.69. The second-order valence-corrected chi connectivity index (χ2v) is 4.16. The summed E-state index contributed by atoms with van der Waals surface area (Å²) in [6, 6.07) is 0. The monoisotopic (exact) mass is 200 g/mol. The number of hydrogen-bond donors (Lipinski definition) is 0. The number of carbonyl (C=O) groups is 1. The van der Waals surface area contributed by atoms with Crippen molar-refractivity contribution in [3.63, 3.8) is 0 Å². The smallest absolute Gasteiger partial charge is 0.306 e. The van der Waals surface area contributed by atoms with Crippen LogP contribution in [0.15, 0.2) is 0 Å². The van der Waals surface area contributed by atoms with Crippen LogP contribution in [0.1, 0.15) is 59.8 Å². The van der Waals surface area contributed by atoms with E-state index in [0.717, 1.165) is 25.7 Å². The molecular formula is C12H24O2. The van der Waals surface area contributed by atoms with Gasteiger partial charge in [-0.25, -0.2) is 0 Å². The quantitative estimate of drug-likeness (QED) is 0.587. The molecule has 0 rings (SSSR count). The van der Waals surface area contributed by atoms with Crippen LogP contribution in [0.25, 0.3) is 0 Å². The van der Waals surface area contributed by atoms with Crippen LogP contribution in [0.4, 0.5) is 0 Å². The molecule has 0 fully saturated rings. The Hall–Kier alpha value is -0.530. The zero-order valence-corrected chi connectivity index (χ0v) is 10.0. The molecule has 84 valence electrons. The van der Waals surface area contributed by atoms with E-state index in [1.807, 2.05) is 6.92 Å². The van der Waals surface area contributed by atoms with Crippen molar-refractivity contribution in [2.24, 2.45) is 5.92 Å². The van der Waals surface area contributed by atoms with Crippen molar-refractivity contribution in [3.05, 3.63) is 0 Å². The van der Waals surface area contributed by atoms with Crippen LogP contribution in [-0.4, -0.2) is 12.1 Å². The first-order chi connectivity index (χ1) is 6.60. The van der Waals surface area contributed by atoms with Crippen molar-refractivity contribution in [2.75, 3.05) is 0 Å². The second kappa shape index (κ2) is 7.84. The first kappa shape index (κ1) is 13.5. The summed E-state index contributed by atoms with van der Waals surface area (Å²) in [7, 11) is 0. The van der Waals surface area contributed by atoms with E-state index >= 15 is 0 Å². The summed E-state index contributed by atoms with van der Waals surface area (Å²) < 4.78 is 5.29. The molecule has 0 heterocycles. The first-order valence-corrected chi connectivity index (χ1v) is 5.79. The average molecular weight is 200 g/mol. The van der Waals surface area contributed by atoms with Crippen molar-refractivity contribution in [2.45, 2.75) is 65.9 Å². The van der Waals surface area contributed by atoms with Crippen molar-refractivity contribution in [3.8, 4) is 0 Å². The van der Waals surface area contributed by atoms with Crippen molar-refractivity contribution >= 4 is 5.97 Å². The van der Waals surface area contributed by atoms with E-state index in [2.05, 4.69) is 20.8 Å². The molecule has 0 N–H and O–H groups in total. The molecular weight excluding hydrogens is 176 g/mol. The minimum Gasteiger partial charge on any atom is -0.463 e. The van der Waals surface area contributed by atoms with Gasteiger partial charge < -0.3 is 4.74 Å². The maximum Gasteiger partial charge on any atom is 0.306 e. The zero-order valence-electron chi connectivity index (χ0n) is 10.0. The average Bonchev–Trinajstić information content (AvgIpc) is 2.14. The van der Waals surface area contributed by atoms with Crippen molar-refractivity contribution in [1.82, 2.24) is 0 Å². The van der Waals surface area contributed by atoms with Gasteiger partial charge in [0.2, 0.25) is 0 Å². The maximum atomic E-state index is 11.4. The van der Waals surface area contributed by atoms with E-state index < -0.39 is 0 Å². The van der Waals surface area contributed by atoms with Gasteiger partial charge in [-0.1, -0.05) is 40.0 Å². The van der Waals surface area contributed by atoms with Gasteiger partial charge in [-0.15, -0.1) is 0 Å². The Morgan fingerprint density at radius 2 is 1.93 bits per heavy atom. The number of hydrogen-bond acceptors (Lipinski definition) is 2. The molecule has 0 saturated carbocycles. The van der Waals surface area contributed by atoms with E-state index in [1.54, 1.807) is 0 Å². The molecule has 0 saturated heterocycles. The predicted octanol–water partition coefficient (Wildman–Crippen LogP) is 3.54. The predicted molar refractivity (Wildman–Crippen MR) is 59.2 cm³/mol. The Morgan fingerprint density at radius 1 is 1.29 bits per heavy atom. The molecule has 0 radical (unpaired) electrons. The fourth-order valence-corrected chi connectivity index (χ4v) is 1.25. The number of ether oxygens (including phenoxy) is 1. The first-order valence-electron chi connectivity index (χ1n) is 5.79. The lowest BCUT2D eigenvalue weighted by molar-refractivity contribution is -0.149. The van der Waals surface area contributed by atoms with Gasteiger partial charge in [0.1, 0.15) is 0 Å². The molecule has 2 unspecified atom stereocenters. The zero-order chi connectivity index (χ0) is 11.0. The van der Waals surface area contributed by atoms with E-state index in [4.69, 9.17) is 4.74 Å². The molecule has 2 atom stereocenters. The normalized spacial score (nSPS) is 14.9. The Bertz CT molecular complexity index is 154. The molecule has 2 heteroatoms. The minimum absolute atomic E-state index is 0.0389. The van der Waals surface area contributed by atoms with Crippen LogP contribution in [0, 0.1) is 5.92 Å². The van der Waals surface area contributed by atoms with Crippen LogP contribution >= 0.6 is 0 Å². The van der Waals surface area contributed by atoms with E-state index in [-0.39, 0.29) is 12.1 Å². The number of carbonyl (C=O) groups excluding carboxylic acids is 1. The molecule has 0 aliphatic heterocycles. The van der Waals surface area contributed by atoms with Gasteiger partial charge in [0.25, 0.3) is 0 Å². The van der Waals surface area contributed by atoms with Gasteiger partial charge in [-0.3, -0.25) is 4.79 Å². The third kappa shape index (κ3) is 6.93. The molecule has 0 aromatic carbocycles. The molecule has 0 spiro atoms. The highest BCUT2D eigenvalue weighted by Crippen LogP contribution is 2.10. The van der Waals surface area contributed by atoms with E-state index in [1.165, 1.54) is 0 Å². The highest BCUT2D eigenvalue weighted by atomic mass is 16.5. The SMILES string of the molecule is CCCCC(C)OC(=O)CC(C)CC. The third-order valence-electron chi connectivity index (χ3n) is 2.51. The summed E-state index contributed by atoms with van der Waals surface area (Å²) >= 11 is 0. The van der Waals surface area contributed by atoms with Gasteiger partial charge in [0.05, 0.1) is 6.10 Å². The summed E-state index contributed by atoms with van der Waals surface area (Å²) in [6.45, 7) is 8.30. The van der Waals surface area contributed by atoms with Crippen LogP contribution in [0.2, 0.25) is 0 Å². The summed E-state index contributed by atoms with van der Waals surface area (Å²) in [5.74, 6) is 0.406. The number of esters is 1. The van der Waals surface area contributed by atoms with Crippen molar-refractivity contribution in [1.29, 1.82) is 0 Å². The summed E-state index contributed by atoms with van der Waals surface area (Å²) in [5.41, 5.74) is 0. The topological polar surface area (TPSA) is 26.3 Å². The van der Waals surface area contributed by atoms with Gasteiger partial charge >= 0.3 is 5.97 Å². The Labute approximate surface area is 88.0 Å². The lowest BCUT2D eigenvalue weighted by atomic mass is 10.1. The van der Waals surface area contributed by atoms with Crippen molar-refractivity contribution < 1.29 is 9.53 Å². The summed E-state index contributed by atoms with van der Waals surface area (Å²) in [5, 5.41) is 0. The lowest BCUT2D eigenvalue weighted by Crippen LogP contribution is -2.16.